The lowest BCUT2D eigenvalue weighted by Crippen LogP contribution is -2.28. The first-order valence-electron chi connectivity index (χ1n) is 7.29. The van der Waals surface area contributed by atoms with E-state index in [9.17, 15) is 13.6 Å². The molecule has 0 bridgehead atoms. The second-order valence-corrected chi connectivity index (χ2v) is 5.82. The molecule has 4 heteroatoms. The molecule has 3 rings (SSSR count). The molecule has 0 aromatic heterocycles. The summed E-state index contributed by atoms with van der Waals surface area (Å²) in [6.07, 6.45) is 0.804. The summed E-state index contributed by atoms with van der Waals surface area (Å²) in [7, 11) is 1.76. The molecule has 2 aromatic carbocycles. The quantitative estimate of drug-likeness (QED) is 0.842. The number of hydrogen-bond acceptors (Lipinski definition) is 1. The molecule has 1 amide bonds. The van der Waals surface area contributed by atoms with E-state index in [-0.39, 0.29) is 29.4 Å². The van der Waals surface area contributed by atoms with Crippen LogP contribution in [0.1, 0.15) is 23.5 Å². The van der Waals surface area contributed by atoms with E-state index in [4.69, 9.17) is 0 Å². The lowest BCUT2D eigenvalue weighted by Gasteiger charge is -2.17. The largest absolute Gasteiger partial charge is 0.341 e. The Bertz CT molecular complexity index is 662. The van der Waals surface area contributed by atoms with E-state index in [1.807, 2.05) is 0 Å². The van der Waals surface area contributed by atoms with Crippen molar-refractivity contribution in [1.29, 1.82) is 0 Å². The van der Waals surface area contributed by atoms with E-state index < -0.39 is 0 Å². The van der Waals surface area contributed by atoms with Crippen LogP contribution in [0.4, 0.5) is 8.78 Å². The number of hydrogen-bond donors (Lipinski definition) is 0. The number of benzene rings is 2. The van der Waals surface area contributed by atoms with Crippen molar-refractivity contribution in [2.24, 2.45) is 5.92 Å². The van der Waals surface area contributed by atoms with Crippen LogP contribution in [0.2, 0.25) is 0 Å². The first-order chi connectivity index (χ1) is 10.5. The van der Waals surface area contributed by atoms with Crippen molar-refractivity contribution in [2.45, 2.75) is 18.9 Å². The van der Waals surface area contributed by atoms with E-state index in [0.29, 0.717) is 6.54 Å². The molecule has 2 nitrogen and oxygen atoms in total. The third-order valence-corrected chi connectivity index (χ3v) is 4.12. The van der Waals surface area contributed by atoms with Gasteiger partial charge in [-0.2, -0.15) is 0 Å². The number of carbonyl (C=O) groups excluding carboxylic acids is 1. The van der Waals surface area contributed by atoms with Gasteiger partial charge in [-0.25, -0.2) is 8.78 Å². The van der Waals surface area contributed by atoms with Crippen LogP contribution in [0.3, 0.4) is 0 Å². The maximum Gasteiger partial charge on any atom is 0.226 e. The minimum atomic E-state index is -0.281. The maximum atomic E-state index is 12.9. The molecule has 0 N–H and O–H groups in total. The van der Waals surface area contributed by atoms with Gasteiger partial charge >= 0.3 is 0 Å². The van der Waals surface area contributed by atoms with E-state index in [2.05, 4.69) is 0 Å². The average Bonchev–Trinajstić information content (AvgIpc) is 3.30. The van der Waals surface area contributed by atoms with Gasteiger partial charge in [0.1, 0.15) is 11.6 Å². The molecule has 1 fully saturated rings. The van der Waals surface area contributed by atoms with Gasteiger partial charge in [-0.05, 0) is 47.7 Å². The normalized spacial score (nSPS) is 19.8. The zero-order chi connectivity index (χ0) is 15.7. The number of nitrogens with zero attached hydrogens (tertiary/aromatic N) is 1. The number of rotatable bonds is 4. The monoisotopic (exact) mass is 301 g/mol. The summed E-state index contributed by atoms with van der Waals surface area (Å²) in [6.45, 7) is 0.464. The summed E-state index contributed by atoms with van der Waals surface area (Å²) in [6, 6.07) is 12.5. The Morgan fingerprint density at radius 2 is 1.59 bits per heavy atom. The molecule has 1 aliphatic carbocycles. The van der Waals surface area contributed by atoms with Gasteiger partial charge in [0.2, 0.25) is 5.91 Å². The first kappa shape index (κ1) is 14.7. The molecule has 1 saturated carbocycles. The molecule has 0 saturated heterocycles. The van der Waals surface area contributed by atoms with Gasteiger partial charge in [0.05, 0.1) is 0 Å². The van der Waals surface area contributed by atoms with Gasteiger partial charge in [-0.3, -0.25) is 4.79 Å². The van der Waals surface area contributed by atoms with Crippen molar-refractivity contribution in [3.63, 3.8) is 0 Å². The van der Waals surface area contributed by atoms with Crippen molar-refractivity contribution in [3.05, 3.63) is 71.3 Å². The van der Waals surface area contributed by atoms with Crippen molar-refractivity contribution in [2.75, 3.05) is 7.05 Å². The van der Waals surface area contributed by atoms with Crippen LogP contribution in [0.5, 0.6) is 0 Å². The van der Waals surface area contributed by atoms with Gasteiger partial charge in [0.15, 0.2) is 0 Å². The third kappa shape index (κ3) is 3.16. The SMILES string of the molecule is CN(Cc1ccc(F)cc1)C(=O)C1CC1c1ccc(F)cc1. The number of amides is 1. The Morgan fingerprint density at radius 1 is 1.05 bits per heavy atom. The van der Waals surface area contributed by atoms with E-state index in [1.165, 1.54) is 24.3 Å². The van der Waals surface area contributed by atoms with Crippen LogP contribution >= 0.6 is 0 Å². The van der Waals surface area contributed by atoms with Crippen LogP contribution in [-0.4, -0.2) is 17.9 Å². The molecule has 2 aromatic rings. The lowest BCUT2D eigenvalue weighted by atomic mass is 10.1. The second-order valence-electron chi connectivity index (χ2n) is 5.82. The molecule has 0 aliphatic heterocycles. The molecule has 2 unspecified atom stereocenters. The Morgan fingerprint density at radius 3 is 2.18 bits per heavy atom. The molecule has 114 valence electrons. The minimum Gasteiger partial charge on any atom is -0.341 e. The fourth-order valence-electron chi connectivity index (χ4n) is 2.77. The summed E-state index contributed by atoms with van der Waals surface area (Å²) >= 11 is 0. The Balaban J connectivity index is 1.60. The topological polar surface area (TPSA) is 20.3 Å². The second kappa shape index (κ2) is 5.87. The van der Waals surface area contributed by atoms with Gasteiger partial charge in [0.25, 0.3) is 0 Å². The highest BCUT2D eigenvalue weighted by Crippen LogP contribution is 2.48. The summed E-state index contributed by atoms with van der Waals surface area (Å²) in [5.74, 6) is -0.310. The lowest BCUT2D eigenvalue weighted by molar-refractivity contribution is -0.131. The van der Waals surface area contributed by atoms with Crippen LogP contribution in [-0.2, 0) is 11.3 Å². The standard InChI is InChI=1S/C18H17F2NO/c1-21(11-12-2-6-14(19)7-3-12)18(22)17-10-16(17)13-4-8-15(20)9-5-13/h2-9,16-17H,10-11H2,1H3. The molecular weight excluding hydrogens is 284 g/mol. The van der Waals surface area contributed by atoms with Crippen LogP contribution in [0, 0.1) is 17.6 Å². The smallest absolute Gasteiger partial charge is 0.226 e. The highest BCUT2D eigenvalue weighted by Gasteiger charge is 2.45. The highest BCUT2D eigenvalue weighted by atomic mass is 19.1. The van der Waals surface area contributed by atoms with E-state index >= 15 is 0 Å². The zero-order valence-electron chi connectivity index (χ0n) is 12.3. The van der Waals surface area contributed by atoms with Crippen LogP contribution in [0.15, 0.2) is 48.5 Å². The first-order valence-corrected chi connectivity index (χ1v) is 7.29. The molecule has 0 radical (unpaired) electrons. The minimum absolute atomic E-state index is 0.0316. The molecule has 0 spiro atoms. The summed E-state index contributed by atoms with van der Waals surface area (Å²) in [5.41, 5.74) is 1.91. The third-order valence-electron chi connectivity index (χ3n) is 4.12. The van der Waals surface area contributed by atoms with Gasteiger partial charge in [0, 0.05) is 19.5 Å². The Hall–Kier alpha value is -2.23. The number of carbonyl (C=O) groups is 1. The Labute approximate surface area is 128 Å². The van der Waals surface area contributed by atoms with Gasteiger partial charge < -0.3 is 4.90 Å². The predicted molar refractivity (Wildman–Crippen MR) is 80.1 cm³/mol. The molecule has 22 heavy (non-hydrogen) atoms. The fourth-order valence-corrected chi connectivity index (χ4v) is 2.77. The van der Waals surface area contributed by atoms with Crippen molar-refractivity contribution in [1.82, 2.24) is 4.90 Å². The molecule has 2 atom stereocenters. The molecule has 0 heterocycles. The predicted octanol–water partition coefficient (Wildman–Crippen LogP) is 3.73. The van der Waals surface area contributed by atoms with Crippen LogP contribution in [0.25, 0.3) is 0 Å². The zero-order valence-corrected chi connectivity index (χ0v) is 12.3. The van der Waals surface area contributed by atoms with Crippen molar-refractivity contribution in [3.8, 4) is 0 Å². The number of halogens is 2. The summed E-state index contributed by atoms with van der Waals surface area (Å²) < 4.78 is 25.8. The van der Waals surface area contributed by atoms with Crippen LogP contribution < -0.4 is 0 Å². The summed E-state index contributed by atoms with van der Waals surface area (Å²) in [5, 5.41) is 0. The van der Waals surface area contributed by atoms with Crippen molar-refractivity contribution < 1.29 is 13.6 Å². The van der Waals surface area contributed by atoms with E-state index in [1.54, 1.807) is 36.2 Å². The molecular formula is C18H17F2NO. The maximum absolute atomic E-state index is 12.9. The molecule has 1 aliphatic rings. The van der Waals surface area contributed by atoms with Gasteiger partial charge in [-0.1, -0.05) is 24.3 Å². The van der Waals surface area contributed by atoms with E-state index in [0.717, 1.165) is 17.5 Å². The Kier molecular flexibility index (Phi) is 3.92. The van der Waals surface area contributed by atoms with Crippen molar-refractivity contribution >= 4 is 5.91 Å². The average molecular weight is 301 g/mol. The summed E-state index contributed by atoms with van der Waals surface area (Å²) in [4.78, 5) is 14.1. The fraction of sp³-hybridized carbons (Fsp3) is 0.278. The van der Waals surface area contributed by atoms with Gasteiger partial charge in [-0.15, -0.1) is 0 Å². The highest BCUT2D eigenvalue weighted by molar-refractivity contribution is 5.82.